The maximum absolute atomic E-state index is 13.8. The minimum Gasteiger partial charge on any atom is -0.465 e. The maximum Gasteiger partial charge on any atom is 0.409 e. The number of aromatic amines is 1. The summed E-state index contributed by atoms with van der Waals surface area (Å²) in [6.45, 7) is 1.38. The Morgan fingerprint density at radius 1 is 1.05 bits per heavy atom. The number of likely N-dealkylation sites (tertiary alicyclic amines) is 1. The fourth-order valence-corrected chi connectivity index (χ4v) is 7.01. The number of hydrogen-bond acceptors (Lipinski definition) is 6. The van der Waals surface area contributed by atoms with Gasteiger partial charge in [0.1, 0.15) is 11.7 Å². The molecular formula is C28H34Cl3N7O5S. The van der Waals surface area contributed by atoms with Crippen molar-refractivity contribution in [1.29, 1.82) is 5.41 Å². The molecule has 1 aromatic heterocycles. The summed E-state index contributed by atoms with van der Waals surface area (Å²) in [4.78, 5) is 34.5. The zero-order valence-corrected chi connectivity index (χ0v) is 26.9. The van der Waals surface area contributed by atoms with Crippen LogP contribution in [0, 0.1) is 17.2 Å². The average molecular weight is 687 g/mol. The molecule has 6 N–H and O–H groups in total. The highest BCUT2D eigenvalue weighted by Gasteiger charge is 2.42. The number of hydrogen-bond donors (Lipinski definition) is 5. The smallest absolute Gasteiger partial charge is 0.409 e. The molecule has 2 aliphatic heterocycles. The maximum atomic E-state index is 13.8. The summed E-state index contributed by atoms with van der Waals surface area (Å²) in [6.07, 6.45) is 2.11. The Balaban J connectivity index is 0.00000264. The van der Waals surface area contributed by atoms with Gasteiger partial charge in [-0.1, -0.05) is 35.9 Å². The number of carboxylic acid groups (broad SMARTS) is 1. The van der Waals surface area contributed by atoms with E-state index in [2.05, 4.69) is 15.3 Å². The number of nitrogens with two attached hydrogens (primary N) is 1. The van der Waals surface area contributed by atoms with Gasteiger partial charge in [0.2, 0.25) is 10.0 Å². The number of anilines is 1. The number of amidine groups is 1. The van der Waals surface area contributed by atoms with Gasteiger partial charge in [0, 0.05) is 42.0 Å². The molecule has 2 aliphatic rings. The number of aromatic nitrogens is 2. The van der Waals surface area contributed by atoms with Crippen LogP contribution in [0.5, 0.6) is 0 Å². The van der Waals surface area contributed by atoms with Gasteiger partial charge in [-0.2, -0.15) is 0 Å². The van der Waals surface area contributed by atoms with E-state index in [0.717, 1.165) is 0 Å². The molecule has 0 radical (unpaired) electrons. The van der Waals surface area contributed by atoms with Crippen LogP contribution in [0.3, 0.4) is 0 Å². The van der Waals surface area contributed by atoms with Crippen molar-refractivity contribution in [3.63, 3.8) is 0 Å². The summed E-state index contributed by atoms with van der Waals surface area (Å²) >= 11 is 6.57. The van der Waals surface area contributed by atoms with Gasteiger partial charge in [0.05, 0.1) is 18.0 Å². The normalized spacial score (nSPS) is 19.1. The molecule has 2 atom stereocenters. The Bertz CT molecular complexity index is 1610. The van der Waals surface area contributed by atoms with Crippen molar-refractivity contribution in [1.82, 2.24) is 19.2 Å². The number of nitrogens with zero attached hydrogens (tertiary/aromatic N) is 3. The lowest BCUT2D eigenvalue weighted by Crippen LogP contribution is -2.40. The first-order chi connectivity index (χ1) is 19.9. The van der Waals surface area contributed by atoms with Crippen LogP contribution in [0.15, 0.2) is 48.5 Å². The molecule has 2 aromatic carbocycles. The lowest BCUT2D eigenvalue weighted by atomic mass is 9.83. The summed E-state index contributed by atoms with van der Waals surface area (Å²) in [7, 11) is -3.25. The van der Waals surface area contributed by atoms with E-state index < -0.39 is 22.2 Å². The molecule has 238 valence electrons. The van der Waals surface area contributed by atoms with Gasteiger partial charge >= 0.3 is 6.09 Å². The van der Waals surface area contributed by atoms with E-state index in [4.69, 9.17) is 27.9 Å². The number of nitrogen functional groups attached to an aromatic ring is 1. The van der Waals surface area contributed by atoms with Crippen molar-refractivity contribution in [2.45, 2.75) is 25.3 Å². The third kappa shape index (κ3) is 7.64. The van der Waals surface area contributed by atoms with Crippen molar-refractivity contribution in [2.75, 3.05) is 31.2 Å². The standard InChI is InChI=1S/C28H32ClN7O5S.2ClH/c1-42(40,41)35-12-10-16(11-13-35)20-14-22(36(15-20)27(37)19-4-2-18(3-5-19)25(30)31)26-33-23(24(29)34-26)17-6-8-21(9-7-17)32-28(38)39;;/h2-9,16,20,22,32H,10-15H2,1H3,(H3,30,31)(H,33,34)(H,38,39);2*1H/t20-,22-;;/m0../s1. The van der Waals surface area contributed by atoms with Crippen LogP contribution in [0.4, 0.5) is 10.5 Å². The predicted octanol–water partition coefficient (Wildman–Crippen LogP) is 4.82. The molecule has 0 aliphatic carbocycles. The van der Waals surface area contributed by atoms with Crippen LogP contribution in [0.1, 0.15) is 47.1 Å². The molecule has 2 saturated heterocycles. The summed E-state index contributed by atoms with van der Waals surface area (Å²) in [5.74, 6) is 0.628. The zero-order valence-electron chi connectivity index (χ0n) is 23.7. The van der Waals surface area contributed by atoms with E-state index in [1.54, 1.807) is 53.4 Å². The molecule has 0 saturated carbocycles. The van der Waals surface area contributed by atoms with Crippen LogP contribution in [0.2, 0.25) is 5.15 Å². The Morgan fingerprint density at radius 2 is 1.64 bits per heavy atom. The molecule has 3 heterocycles. The molecule has 2 fully saturated rings. The number of halogens is 3. The number of benzene rings is 2. The Hall–Kier alpha value is -3.36. The van der Waals surface area contributed by atoms with Crippen LogP contribution >= 0.6 is 36.4 Å². The Labute approximate surface area is 272 Å². The molecule has 12 nitrogen and oxygen atoms in total. The highest BCUT2D eigenvalue weighted by molar-refractivity contribution is 7.88. The second-order valence-electron chi connectivity index (χ2n) is 10.8. The third-order valence-corrected chi connectivity index (χ3v) is 9.67. The van der Waals surface area contributed by atoms with Crippen LogP contribution in [-0.4, -0.2) is 76.4 Å². The quantitative estimate of drug-likeness (QED) is 0.174. The van der Waals surface area contributed by atoms with Crippen LogP contribution in [-0.2, 0) is 10.0 Å². The van der Waals surface area contributed by atoms with Gasteiger partial charge in [-0.3, -0.25) is 15.5 Å². The van der Waals surface area contributed by atoms with E-state index >= 15 is 0 Å². The number of amides is 2. The number of nitrogens with one attached hydrogen (secondary N) is 3. The number of carbonyl (C=O) groups excluding carboxylic acids is 1. The van der Waals surface area contributed by atoms with Gasteiger partial charge in [-0.15, -0.1) is 24.8 Å². The van der Waals surface area contributed by atoms with E-state index in [9.17, 15) is 18.0 Å². The Morgan fingerprint density at radius 3 is 2.18 bits per heavy atom. The SMILES string of the molecule is CS(=O)(=O)N1CCC([C@H]2C[C@@H](c3nc(Cl)c(-c4ccc(NC(=O)O)cc4)[nH]3)N(C(=O)c3ccc(C(=N)N)cc3)C2)CC1.Cl.Cl. The largest absolute Gasteiger partial charge is 0.465 e. The van der Waals surface area contributed by atoms with Crippen molar-refractivity contribution in [3.8, 4) is 11.3 Å². The molecule has 0 bridgehead atoms. The first kappa shape index (κ1) is 35.1. The van der Waals surface area contributed by atoms with Gasteiger partial charge in [-0.25, -0.2) is 22.5 Å². The summed E-state index contributed by atoms with van der Waals surface area (Å²) in [5, 5.41) is 19.1. The number of sulfonamides is 1. The van der Waals surface area contributed by atoms with Crippen molar-refractivity contribution in [2.24, 2.45) is 17.6 Å². The molecular weight excluding hydrogens is 653 g/mol. The average Bonchev–Trinajstić information content (AvgIpc) is 3.56. The van der Waals surface area contributed by atoms with Crippen molar-refractivity contribution >= 4 is 70.0 Å². The highest BCUT2D eigenvalue weighted by atomic mass is 35.5. The fourth-order valence-electron chi connectivity index (χ4n) is 5.89. The van der Waals surface area contributed by atoms with Gasteiger partial charge in [0.15, 0.2) is 5.15 Å². The number of imidazole rings is 1. The first-order valence-electron chi connectivity index (χ1n) is 13.5. The monoisotopic (exact) mass is 685 g/mol. The second kappa shape index (κ2) is 14.2. The van der Waals surface area contributed by atoms with Gasteiger partial charge in [-0.05, 0) is 55.4 Å². The molecule has 44 heavy (non-hydrogen) atoms. The number of H-pyrrole nitrogens is 1. The van der Waals surface area contributed by atoms with Gasteiger partial charge < -0.3 is 20.7 Å². The molecule has 3 aromatic rings. The molecule has 0 spiro atoms. The summed E-state index contributed by atoms with van der Waals surface area (Å²) in [6, 6.07) is 12.9. The first-order valence-corrected chi connectivity index (χ1v) is 15.7. The highest BCUT2D eigenvalue weighted by Crippen LogP contribution is 2.43. The van der Waals surface area contributed by atoms with E-state index in [1.165, 1.54) is 10.6 Å². The van der Waals surface area contributed by atoms with Crippen LogP contribution < -0.4 is 11.1 Å². The van der Waals surface area contributed by atoms with E-state index in [1.807, 2.05) is 0 Å². The lowest BCUT2D eigenvalue weighted by molar-refractivity contribution is 0.0720. The Kier molecular flexibility index (Phi) is 11.3. The van der Waals surface area contributed by atoms with E-state index in [0.29, 0.717) is 72.8 Å². The summed E-state index contributed by atoms with van der Waals surface area (Å²) in [5.41, 5.74) is 8.23. The topological polar surface area (TPSA) is 186 Å². The number of carbonyl (C=O) groups is 2. The van der Waals surface area contributed by atoms with Crippen molar-refractivity contribution < 1.29 is 23.1 Å². The number of piperidine rings is 1. The van der Waals surface area contributed by atoms with Crippen molar-refractivity contribution in [3.05, 3.63) is 70.6 Å². The molecule has 5 rings (SSSR count). The number of rotatable bonds is 7. The zero-order chi connectivity index (χ0) is 30.2. The minimum absolute atomic E-state index is 0. The van der Waals surface area contributed by atoms with Crippen LogP contribution in [0.25, 0.3) is 11.3 Å². The third-order valence-electron chi connectivity index (χ3n) is 8.09. The predicted molar refractivity (Wildman–Crippen MR) is 174 cm³/mol. The second-order valence-corrected chi connectivity index (χ2v) is 13.1. The molecule has 2 amide bonds. The van der Waals surface area contributed by atoms with E-state index in [-0.39, 0.29) is 53.5 Å². The molecule has 0 unspecified atom stereocenters. The lowest BCUT2D eigenvalue weighted by Gasteiger charge is -2.33. The van der Waals surface area contributed by atoms with Gasteiger partial charge in [0.25, 0.3) is 5.91 Å². The summed E-state index contributed by atoms with van der Waals surface area (Å²) < 4.78 is 25.6. The minimum atomic E-state index is -3.25. The fraction of sp³-hybridized carbons (Fsp3) is 0.357. The molecule has 16 heteroatoms.